The summed E-state index contributed by atoms with van der Waals surface area (Å²) in [6, 6.07) is 1.25. The molecule has 0 spiro atoms. The predicted molar refractivity (Wildman–Crippen MR) is 61.4 cm³/mol. The number of carbonyl (C=O) groups is 1. The molecule has 1 aliphatic carbocycles. The zero-order valence-electron chi connectivity index (χ0n) is 9.17. The standard InChI is InChI=1S/C10H12N2O4S/c1-10(2-3-10)17(15,16)12-8-4-7(9(13)14)5-11-6-8/h4-6,12H,2-3H2,1H3,(H,13,14). The number of rotatable bonds is 4. The van der Waals surface area contributed by atoms with Gasteiger partial charge in [-0.1, -0.05) is 0 Å². The van der Waals surface area contributed by atoms with Crippen LogP contribution in [0, 0.1) is 0 Å². The van der Waals surface area contributed by atoms with Crippen LogP contribution in [0.1, 0.15) is 30.1 Å². The van der Waals surface area contributed by atoms with E-state index in [9.17, 15) is 13.2 Å². The maximum atomic E-state index is 11.9. The molecule has 2 rings (SSSR count). The molecule has 1 heterocycles. The summed E-state index contributed by atoms with van der Waals surface area (Å²) in [6.45, 7) is 1.66. The van der Waals surface area contributed by atoms with Crippen molar-refractivity contribution in [1.29, 1.82) is 0 Å². The van der Waals surface area contributed by atoms with Gasteiger partial charge < -0.3 is 5.11 Å². The Hall–Kier alpha value is -1.63. The van der Waals surface area contributed by atoms with Crippen molar-refractivity contribution in [2.24, 2.45) is 0 Å². The van der Waals surface area contributed by atoms with Crippen LogP contribution in [0.25, 0.3) is 0 Å². The minimum Gasteiger partial charge on any atom is -0.478 e. The number of nitrogens with zero attached hydrogens (tertiary/aromatic N) is 1. The summed E-state index contributed by atoms with van der Waals surface area (Å²) in [5, 5.41) is 8.76. The molecule has 0 amide bonds. The van der Waals surface area contributed by atoms with E-state index in [1.165, 1.54) is 18.5 Å². The summed E-state index contributed by atoms with van der Waals surface area (Å²) in [5.41, 5.74) is 0.129. The summed E-state index contributed by atoms with van der Waals surface area (Å²) in [6.07, 6.45) is 3.69. The first-order valence-electron chi connectivity index (χ1n) is 5.05. The van der Waals surface area contributed by atoms with E-state index in [2.05, 4.69) is 9.71 Å². The molecule has 0 atom stereocenters. The second-order valence-corrected chi connectivity index (χ2v) is 6.52. The van der Waals surface area contributed by atoms with Gasteiger partial charge in [0.2, 0.25) is 10.0 Å². The molecule has 0 aromatic carbocycles. The molecule has 1 saturated carbocycles. The summed E-state index contributed by atoms with van der Waals surface area (Å²) in [7, 11) is -3.47. The Kier molecular flexibility index (Phi) is 2.57. The highest BCUT2D eigenvalue weighted by molar-refractivity contribution is 7.94. The summed E-state index contributed by atoms with van der Waals surface area (Å²) >= 11 is 0. The summed E-state index contributed by atoms with van der Waals surface area (Å²) < 4.78 is 25.4. The van der Waals surface area contributed by atoms with E-state index >= 15 is 0 Å². The second-order valence-electron chi connectivity index (χ2n) is 4.32. The third kappa shape index (κ3) is 2.23. The van der Waals surface area contributed by atoms with E-state index in [1.807, 2.05) is 0 Å². The van der Waals surface area contributed by atoms with E-state index in [0.717, 1.165) is 0 Å². The van der Waals surface area contributed by atoms with Gasteiger partial charge in [-0.3, -0.25) is 9.71 Å². The van der Waals surface area contributed by atoms with E-state index < -0.39 is 20.7 Å². The third-order valence-corrected chi connectivity index (χ3v) is 5.05. The van der Waals surface area contributed by atoms with E-state index in [0.29, 0.717) is 12.8 Å². The van der Waals surface area contributed by atoms with Crippen molar-refractivity contribution in [3.63, 3.8) is 0 Å². The number of sulfonamides is 1. The van der Waals surface area contributed by atoms with Gasteiger partial charge in [0.25, 0.3) is 0 Å². The highest BCUT2D eigenvalue weighted by Gasteiger charge is 2.50. The molecule has 0 bridgehead atoms. The maximum Gasteiger partial charge on any atom is 0.337 e. The number of hydrogen-bond donors (Lipinski definition) is 2. The van der Waals surface area contributed by atoms with Crippen LogP contribution in [0.15, 0.2) is 18.5 Å². The SMILES string of the molecule is CC1(S(=O)(=O)Nc2cncc(C(=O)O)c2)CC1. The van der Waals surface area contributed by atoms with Crippen LogP contribution in [0.5, 0.6) is 0 Å². The maximum absolute atomic E-state index is 11.9. The molecule has 6 nitrogen and oxygen atoms in total. The molecule has 2 N–H and O–H groups in total. The Morgan fingerprint density at radius 2 is 2.12 bits per heavy atom. The van der Waals surface area contributed by atoms with Gasteiger partial charge in [-0.15, -0.1) is 0 Å². The van der Waals surface area contributed by atoms with Crippen LogP contribution in [0.2, 0.25) is 0 Å². The zero-order valence-corrected chi connectivity index (χ0v) is 9.99. The molecule has 0 radical (unpaired) electrons. The van der Waals surface area contributed by atoms with Gasteiger partial charge in [-0.2, -0.15) is 0 Å². The zero-order chi connectivity index (χ0) is 12.7. The van der Waals surface area contributed by atoms with Crippen molar-refractivity contribution in [3.05, 3.63) is 24.0 Å². The van der Waals surface area contributed by atoms with Crippen LogP contribution in [0.3, 0.4) is 0 Å². The van der Waals surface area contributed by atoms with Gasteiger partial charge in [0, 0.05) is 6.20 Å². The number of hydrogen-bond acceptors (Lipinski definition) is 4. The van der Waals surface area contributed by atoms with Gasteiger partial charge in [-0.05, 0) is 25.8 Å². The largest absolute Gasteiger partial charge is 0.478 e. The summed E-state index contributed by atoms with van der Waals surface area (Å²) in [5.74, 6) is -1.14. The molecule has 7 heteroatoms. The van der Waals surface area contributed by atoms with Crippen LogP contribution < -0.4 is 4.72 Å². The lowest BCUT2D eigenvalue weighted by molar-refractivity contribution is 0.0696. The van der Waals surface area contributed by atoms with Crippen molar-refractivity contribution >= 4 is 21.7 Å². The molecular weight excluding hydrogens is 244 g/mol. The van der Waals surface area contributed by atoms with Gasteiger partial charge in [0.15, 0.2) is 0 Å². The molecule has 0 aliphatic heterocycles. The molecule has 1 aromatic rings. The minimum atomic E-state index is -3.47. The molecule has 1 aromatic heterocycles. The lowest BCUT2D eigenvalue weighted by Crippen LogP contribution is -2.26. The Morgan fingerprint density at radius 3 is 2.65 bits per heavy atom. The fourth-order valence-corrected chi connectivity index (χ4v) is 2.64. The fourth-order valence-electron chi connectivity index (χ4n) is 1.34. The molecule has 0 unspecified atom stereocenters. The second kappa shape index (κ2) is 3.69. The summed E-state index contributed by atoms with van der Waals surface area (Å²) in [4.78, 5) is 14.4. The van der Waals surface area contributed by atoms with Crippen molar-refractivity contribution < 1.29 is 18.3 Å². The Bertz CT molecular complexity index is 563. The smallest absolute Gasteiger partial charge is 0.337 e. The van der Waals surface area contributed by atoms with Gasteiger partial charge in [0.05, 0.1) is 22.2 Å². The van der Waals surface area contributed by atoms with Crippen molar-refractivity contribution in [3.8, 4) is 0 Å². The Balaban J connectivity index is 2.25. The first-order chi connectivity index (χ1) is 7.84. The third-order valence-electron chi connectivity index (χ3n) is 2.84. The van der Waals surface area contributed by atoms with Crippen molar-refractivity contribution in [2.45, 2.75) is 24.5 Å². The van der Waals surface area contributed by atoms with E-state index in [1.54, 1.807) is 6.92 Å². The first kappa shape index (κ1) is 11.8. The van der Waals surface area contributed by atoms with Gasteiger partial charge in [-0.25, -0.2) is 13.2 Å². The fraction of sp³-hybridized carbons (Fsp3) is 0.400. The predicted octanol–water partition coefficient (Wildman–Crippen LogP) is 1.07. The quantitative estimate of drug-likeness (QED) is 0.840. The molecule has 1 fully saturated rings. The van der Waals surface area contributed by atoms with Crippen LogP contribution >= 0.6 is 0 Å². The highest BCUT2D eigenvalue weighted by Crippen LogP contribution is 2.43. The number of carboxylic acids is 1. The average Bonchev–Trinajstić information content (AvgIpc) is 2.98. The Morgan fingerprint density at radius 1 is 1.47 bits per heavy atom. The first-order valence-corrected chi connectivity index (χ1v) is 6.53. The number of pyridine rings is 1. The lowest BCUT2D eigenvalue weighted by Gasteiger charge is -2.12. The van der Waals surface area contributed by atoms with Crippen molar-refractivity contribution in [1.82, 2.24) is 4.98 Å². The molecular formula is C10H12N2O4S. The van der Waals surface area contributed by atoms with Gasteiger partial charge in [0.1, 0.15) is 0 Å². The topological polar surface area (TPSA) is 96.4 Å². The van der Waals surface area contributed by atoms with E-state index in [-0.39, 0.29) is 11.3 Å². The monoisotopic (exact) mass is 256 g/mol. The Labute approximate surface area is 98.7 Å². The van der Waals surface area contributed by atoms with Crippen molar-refractivity contribution in [2.75, 3.05) is 4.72 Å². The molecule has 1 aliphatic rings. The number of anilines is 1. The van der Waals surface area contributed by atoms with E-state index in [4.69, 9.17) is 5.11 Å². The molecule has 92 valence electrons. The normalized spacial score (nSPS) is 17.5. The van der Waals surface area contributed by atoms with Crippen LogP contribution in [-0.4, -0.2) is 29.2 Å². The van der Waals surface area contributed by atoms with Crippen LogP contribution in [-0.2, 0) is 10.0 Å². The highest BCUT2D eigenvalue weighted by atomic mass is 32.2. The number of aromatic carboxylic acids is 1. The average molecular weight is 256 g/mol. The molecule has 0 saturated heterocycles. The molecule has 17 heavy (non-hydrogen) atoms. The van der Waals surface area contributed by atoms with Gasteiger partial charge >= 0.3 is 5.97 Å². The number of nitrogens with one attached hydrogen (secondary N) is 1. The lowest BCUT2D eigenvalue weighted by atomic mass is 10.3. The number of aromatic nitrogens is 1. The van der Waals surface area contributed by atoms with Crippen LogP contribution in [0.4, 0.5) is 5.69 Å². The number of carboxylic acid groups (broad SMARTS) is 1. The minimum absolute atomic E-state index is 0.0499.